The molecular weight excluding hydrogens is 266 g/mol. The van der Waals surface area contributed by atoms with Crippen molar-refractivity contribution < 1.29 is 0 Å². The maximum Gasteiger partial charge on any atom is 0.151 e. The Hall–Kier alpha value is -0.870. The van der Waals surface area contributed by atoms with Crippen molar-refractivity contribution in [2.75, 3.05) is 0 Å². The SMILES string of the molecule is C[C@@H](N)c1cn2cc(C3CC3)cc(Br)c2n1. The van der Waals surface area contributed by atoms with Crippen LogP contribution in [-0.4, -0.2) is 9.38 Å². The van der Waals surface area contributed by atoms with Gasteiger partial charge in [-0.2, -0.15) is 0 Å². The molecule has 1 aliphatic carbocycles. The van der Waals surface area contributed by atoms with Gasteiger partial charge in [-0.25, -0.2) is 4.98 Å². The summed E-state index contributed by atoms with van der Waals surface area (Å²) in [5, 5.41) is 0. The van der Waals surface area contributed by atoms with Gasteiger partial charge in [0.1, 0.15) is 0 Å². The van der Waals surface area contributed by atoms with Gasteiger partial charge in [0, 0.05) is 18.4 Å². The van der Waals surface area contributed by atoms with E-state index in [0.717, 1.165) is 21.7 Å². The Labute approximate surface area is 103 Å². The van der Waals surface area contributed by atoms with Gasteiger partial charge in [0.25, 0.3) is 0 Å². The van der Waals surface area contributed by atoms with E-state index in [9.17, 15) is 0 Å². The topological polar surface area (TPSA) is 43.3 Å². The minimum atomic E-state index is -0.0174. The normalized spacial score (nSPS) is 17.9. The van der Waals surface area contributed by atoms with Crippen LogP contribution in [0.3, 0.4) is 0 Å². The van der Waals surface area contributed by atoms with E-state index in [2.05, 4.69) is 37.6 Å². The van der Waals surface area contributed by atoms with Crippen LogP contribution < -0.4 is 5.73 Å². The van der Waals surface area contributed by atoms with Gasteiger partial charge < -0.3 is 10.1 Å². The maximum atomic E-state index is 5.85. The highest BCUT2D eigenvalue weighted by Crippen LogP contribution is 2.41. The largest absolute Gasteiger partial charge is 0.323 e. The molecule has 0 unspecified atom stereocenters. The Kier molecular flexibility index (Phi) is 2.30. The molecule has 1 atom stereocenters. The molecule has 0 bridgehead atoms. The number of hydrogen-bond acceptors (Lipinski definition) is 2. The zero-order chi connectivity index (χ0) is 11.3. The van der Waals surface area contributed by atoms with Crippen LogP contribution >= 0.6 is 15.9 Å². The average Bonchev–Trinajstić information content (AvgIpc) is 2.97. The highest BCUT2D eigenvalue weighted by molar-refractivity contribution is 9.10. The van der Waals surface area contributed by atoms with Crippen molar-refractivity contribution in [1.29, 1.82) is 0 Å². The quantitative estimate of drug-likeness (QED) is 0.919. The van der Waals surface area contributed by atoms with Crippen molar-refractivity contribution in [1.82, 2.24) is 9.38 Å². The van der Waals surface area contributed by atoms with E-state index in [-0.39, 0.29) is 6.04 Å². The Balaban J connectivity index is 2.17. The Morgan fingerprint density at radius 3 is 2.88 bits per heavy atom. The molecule has 1 aliphatic rings. The molecule has 84 valence electrons. The lowest BCUT2D eigenvalue weighted by molar-refractivity contribution is 0.790. The Morgan fingerprint density at radius 1 is 1.50 bits per heavy atom. The van der Waals surface area contributed by atoms with Gasteiger partial charge >= 0.3 is 0 Å². The van der Waals surface area contributed by atoms with E-state index >= 15 is 0 Å². The van der Waals surface area contributed by atoms with Crippen LogP contribution in [0.1, 0.15) is 43.0 Å². The smallest absolute Gasteiger partial charge is 0.151 e. The summed E-state index contributed by atoms with van der Waals surface area (Å²) in [6.07, 6.45) is 6.83. The van der Waals surface area contributed by atoms with E-state index in [0.29, 0.717) is 0 Å². The van der Waals surface area contributed by atoms with Gasteiger partial charge in [-0.05, 0) is 53.2 Å². The minimum Gasteiger partial charge on any atom is -0.323 e. The number of nitrogens with zero attached hydrogens (tertiary/aromatic N) is 2. The van der Waals surface area contributed by atoms with Crippen molar-refractivity contribution in [2.45, 2.75) is 31.7 Å². The molecule has 1 fully saturated rings. The summed E-state index contributed by atoms with van der Waals surface area (Å²) in [6, 6.07) is 2.17. The standard InChI is InChI=1S/C12H14BrN3/c1-7(14)11-6-16-5-9(8-2-3-8)4-10(13)12(16)15-11/h4-8H,2-3,14H2,1H3/t7-/m1/s1. The highest BCUT2D eigenvalue weighted by atomic mass is 79.9. The van der Waals surface area contributed by atoms with Crippen LogP contribution in [0.4, 0.5) is 0 Å². The Morgan fingerprint density at radius 2 is 2.25 bits per heavy atom. The molecular formula is C12H14BrN3. The van der Waals surface area contributed by atoms with Crippen molar-refractivity contribution in [3.8, 4) is 0 Å². The molecule has 2 heterocycles. The number of fused-ring (bicyclic) bond motifs is 1. The molecule has 2 aromatic rings. The van der Waals surface area contributed by atoms with Crippen LogP contribution in [0.2, 0.25) is 0 Å². The number of halogens is 1. The summed E-state index contributed by atoms with van der Waals surface area (Å²) in [6.45, 7) is 1.96. The van der Waals surface area contributed by atoms with E-state index in [4.69, 9.17) is 5.73 Å². The predicted molar refractivity (Wildman–Crippen MR) is 67.5 cm³/mol. The van der Waals surface area contributed by atoms with Crippen molar-refractivity contribution in [3.63, 3.8) is 0 Å². The molecule has 0 saturated heterocycles. The first-order valence-corrected chi connectivity index (χ1v) is 6.38. The number of imidazole rings is 1. The van der Waals surface area contributed by atoms with Crippen molar-refractivity contribution >= 4 is 21.6 Å². The molecule has 2 N–H and O–H groups in total. The zero-order valence-electron chi connectivity index (χ0n) is 9.15. The molecule has 3 nitrogen and oxygen atoms in total. The third kappa shape index (κ3) is 1.66. The lowest BCUT2D eigenvalue weighted by Crippen LogP contribution is -2.04. The molecule has 3 rings (SSSR count). The molecule has 0 aromatic carbocycles. The van der Waals surface area contributed by atoms with Gasteiger partial charge in [-0.3, -0.25) is 0 Å². The highest BCUT2D eigenvalue weighted by Gasteiger charge is 2.24. The second-order valence-corrected chi connectivity index (χ2v) is 5.44. The summed E-state index contributed by atoms with van der Waals surface area (Å²) in [4.78, 5) is 4.52. The van der Waals surface area contributed by atoms with Crippen LogP contribution in [0.5, 0.6) is 0 Å². The second kappa shape index (κ2) is 3.57. The summed E-state index contributed by atoms with van der Waals surface area (Å²) in [7, 11) is 0. The number of pyridine rings is 1. The molecule has 16 heavy (non-hydrogen) atoms. The third-order valence-electron chi connectivity index (χ3n) is 3.06. The molecule has 0 radical (unpaired) electrons. The molecule has 0 amide bonds. The molecule has 0 aliphatic heterocycles. The number of hydrogen-bond donors (Lipinski definition) is 1. The third-order valence-corrected chi connectivity index (χ3v) is 3.64. The first-order chi connectivity index (χ1) is 7.65. The monoisotopic (exact) mass is 279 g/mol. The Bertz CT molecular complexity index is 540. The van der Waals surface area contributed by atoms with Crippen LogP contribution in [0.15, 0.2) is 22.9 Å². The summed E-state index contributed by atoms with van der Waals surface area (Å²) >= 11 is 3.58. The first-order valence-electron chi connectivity index (χ1n) is 5.59. The zero-order valence-corrected chi connectivity index (χ0v) is 10.7. The lowest BCUT2D eigenvalue weighted by atomic mass is 10.2. The minimum absolute atomic E-state index is 0.0174. The van der Waals surface area contributed by atoms with Crippen molar-refractivity contribution in [2.24, 2.45) is 5.73 Å². The molecule has 2 aromatic heterocycles. The molecule has 1 saturated carbocycles. The fraction of sp³-hybridized carbons (Fsp3) is 0.417. The van der Waals surface area contributed by atoms with Gasteiger partial charge in [-0.15, -0.1) is 0 Å². The maximum absolute atomic E-state index is 5.85. The van der Waals surface area contributed by atoms with E-state index < -0.39 is 0 Å². The summed E-state index contributed by atoms with van der Waals surface area (Å²) in [5.74, 6) is 0.752. The number of rotatable bonds is 2. The average molecular weight is 280 g/mol. The van der Waals surface area contributed by atoms with Crippen LogP contribution in [0, 0.1) is 0 Å². The second-order valence-electron chi connectivity index (χ2n) is 4.58. The van der Waals surface area contributed by atoms with Crippen LogP contribution in [-0.2, 0) is 0 Å². The van der Waals surface area contributed by atoms with E-state index in [1.54, 1.807) is 0 Å². The fourth-order valence-electron chi connectivity index (χ4n) is 1.96. The molecule has 0 spiro atoms. The molecule has 4 heteroatoms. The number of aromatic nitrogens is 2. The van der Waals surface area contributed by atoms with Gasteiger partial charge in [0.2, 0.25) is 0 Å². The van der Waals surface area contributed by atoms with Crippen LogP contribution in [0.25, 0.3) is 5.65 Å². The number of nitrogens with two attached hydrogens (primary N) is 1. The van der Waals surface area contributed by atoms with Gasteiger partial charge in [0.15, 0.2) is 5.65 Å². The fourth-order valence-corrected chi connectivity index (χ4v) is 2.51. The first kappa shape index (κ1) is 10.3. The summed E-state index contributed by atoms with van der Waals surface area (Å²) in [5.41, 5.74) is 9.14. The van der Waals surface area contributed by atoms with E-state index in [1.807, 2.05) is 13.1 Å². The van der Waals surface area contributed by atoms with E-state index in [1.165, 1.54) is 18.4 Å². The van der Waals surface area contributed by atoms with Gasteiger partial charge in [-0.1, -0.05) is 0 Å². The predicted octanol–water partition coefficient (Wildman–Crippen LogP) is 2.99. The summed E-state index contributed by atoms with van der Waals surface area (Å²) < 4.78 is 3.14. The van der Waals surface area contributed by atoms with Gasteiger partial charge in [0.05, 0.1) is 10.2 Å². The lowest BCUT2D eigenvalue weighted by Gasteiger charge is -2.01. The van der Waals surface area contributed by atoms with Crippen molar-refractivity contribution in [3.05, 3.63) is 34.2 Å².